The summed E-state index contributed by atoms with van der Waals surface area (Å²) >= 11 is 0.682. The maximum absolute atomic E-state index is 12.7. The van der Waals surface area contributed by atoms with E-state index in [-0.39, 0.29) is 42.2 Å². The number of carboxylic acid groups (broad SMARTS) is 1. The number of phosphoric acid groups is 3. The molecule has 1 saturated heterocycles. The maximum Gasteiger partial charge on any atom is 0.481 e. The van der Waals surface area contributed by atoms with E-state index in [1.807, 2.05) is 0 Å². The summed E-state index contributed by atoms with van der Waals surface area (Å²) in [7, 11) is -16.5. The number of amides is 2. The minimum Gasteiger partial charge on any atom is -0.478 e. The molecule has 30 heteroatoms. The van der Waals surface area contributed by atoms with Crippen LogP contribution in [0.4, 0.5) is 5.82 Å². The van der Waals surface area contributed by atoms with E-state index in [4.69, 9.17) is 24.6 Å². The van der Waals surface area contributed by atoms with Gasteiger partial charge in [-0.05, 0) is 6.92 Å². The normalized spacial score (nSPS) is 21.9. The van der Waals surface area contributed by atoms with E-state index in [1.165, 1.54) is 20.8 Å². The minimum atomic E-state index is -5.59. The largest absolute Gasteiger partial charge is 0.481 e. The molecule has 0 aromatic carbocycles. The molecule has 11 N–H and O–H groups in total. The first kappa shape index (κ1) is 47.1. The van der Waals surface area contributed by atoms with Crippen LogP contribution in [0.15, 0.2) is 24.3 Å². The van der Waals surface area contributed by atoms with Crippen LogP contribution in [0.2, 0.25) is 0 Å². The van der Waals surface area contributed by atoms with Crippen molar-refractivity contribution in [1.82, 2.24) is 30.2 Å². The van der Waals surface area contributed by atoms with Crippen LogP contribution in [0.25, 0.3) is 11.2 Å². The van der Waals surface area contributed by atoms with Crippen molar-refractivity contribution in [2.45, 2.75) is 57.8 Å². The lowest BCUT2D eigenvalue weighted by Gasteiger charge is -2.30. The number of aromatic nitrogens is 4. The molecule has 314 valence electrons. The molecule has 7 unspecified atom stereocenters. The Bertz CT molecular complexity index is 1940. The zero-order valence-electron chi connectivity index (χ0n) is 29.5. The summed E-state index contributed by atoms with van der Waals surface area (Å²) in [6, 6.07) is 0. The summed E-state index contributed by atoms with van der Waals surface area (Å²) in [6.07, 6.45) is -6.01. The summed E-state index contributed by atoms with van der Waals surface area (Å²) in [5.41, 5.74) is 3.77. The number of nitrogens with two attached hydrogens (primary N) is 1. The zero-order chi connectivity index (χ0) is 42.2. The second-order valence-corrected chi connectivity index (χ2v) is 17.5. The highest BCUT2D eigenvalue weighted by Crippen LogP contribution is 2.61. The van der Waals surface area contributed by atoms with Gasteiger partial charge in [-0.15, -0.1) is 0 Å². The molecule has 2 amide bonds. The quantitative estimate of drug-likeness (QED) is 0.0229. The van der Waals surface area contributed by atoms with Crippen LogP contribution in [0.5, 0.6) is 0 Å². The van der Waals surface area contributed by atoms with Gasteiger partial charge in [-0.25, -0.2) is 33.4 Å². The van der Waals surface area contributed by atoms with Crippen LogP contribution in [-0.2, 0) is 55.5 Å². The van der Waals surface area contributed by atoms with Gasteiger partial charge in [-0.3, -0.25) is 32.5 Å². The number of aliphatic hydroxyl groups is 2. The van der Waals surface area contributed by atoms with Crippen LogP contribution < -0.4 is 16.4 Å². The Morgan fingerprint density at radius 2 is 1.73 bits per heavy atom. The number of aliphatic hydroxyl groups excluding tert-OH is 2. The standard InChI is InChI=1S/C26H40N7O19P3S/c1-4-13(24(38)39)25(40)56-8-7-28-15(34)5-6-29-22(37)19(36)26(2,3)10-49-55(46,47)52-54(44,45)48-9-14-18(51-53(41,42)43)17(35)23(50-14)33-12-32-16-20(27)30-11-31-21(16)33/h4,11-12,14,17-19,23,35-36H,5-10H2,1-3H3,(H,28,34)(H,29,37)(H,38,39)(H,44,45)(H,46,47)(H2,27,30,31)(H2,41,42,43)/b13-4+. The number of phosphoric ester groups is 3. The van der Waals surface area contributed by atoms with E-state index in [2.05, 4.69) is 34.4 Å². The highest BCUT2D eigenvalue weighted by atomic mass is 32.2. The number of nitrogen functional groups attached to an aromatic ring is 1. The number of imidazole rings is 1. The lowest BCUT2D eigenvalue weighted by Crippen LogP contribution is -2.46. The third kappa shape index (κ3) is 13.4. The summed E-state index contributed by atoms with van der Waals surface area (Å²) < 4.78 is 61.9. The molecule has 0 bridgehead atoms. The summed E-state index contributed by atoms with van der Waals surface area (Å²) in [5, 5.41) is 34.4. The molecule has 56 heavy (non-hydrogen) atoms. The van der Waals surface area contributed by atoms with Crippen LogP contribution in [-0.4, -0.2) is 134 Å². The van der Waals surface area contributed by atoms with Gasteiger partial charge in [0.05, 0.1) is 19.5 Å². The number of aliphatic carboxylic acids is 1. The third-order valence-corrected chi connectivity index (χ3v) is 11.5. The first-order valence-corrected chi connectivity index (χ1v) is 21.3. The van der Waals surface area contributed by atoms with E-state index in [1.54, 1.807) is 0 Å². The first-order valence-electron chi connectivity index (χ1n) is 15.8. The van der Waals surface area contributed by atoms with E-state index in [9.17, 15) is 62.7 Å². The molecule has 0 aliphatic carbocycles. The molecule has 0 saturated carbocycles. The molecule has 0 spiro atoms. The van der Waals surface area contributed by atoms with Gasteiger partial charge in [0.1, 0.15) is 41.8 Å². The lowest BCUT2D eigenvalue weighted by molar-refractivity contribution is -0.137. The lowest BCUT2D eigenvalue weighted by atomic mass is 9.87. The number of allylic oxidation sites excluding steroid dienone is 1. The van der Waals surface area contributed by atoms with Crippen molar-refractivity contribution in [2.24, 2.45) is 5.41 Å². The molecule has 0 radical (unpaired) electrons. The number of nitrogens with zero attached hydrogens (tertiary/aromatic N) is 4. The molecule has 3 heterocycles. The minimum absolute atomic E-state index is 0.00172. The molecule has 1 fully saturated rings. The van der Waals surface area contributed by atoms with Gasteiger partial charge in [-0.1, -0.05) is 31.7 Å². The average molecular weight is 880 g/mol. The van der Waals surface area contributed by atoms with Crippen molar-refractivity contribution in [2.75, 3.05) is 37.8 Å². The van der Waals surface area contributed by atoms with Gasteiger partial charge in [-0.2, -0.15) is 4.31 Å². The first-order chi connectivity index (χ1) is 25.9. The summed E-state index contributed by atoms with van der Waals surface area (Å²) in [4.78, 5) is 98.2. The van der Waals surface area contributed by atoms with Crippen molar-refractivity contribution >= 4 is 75.1 Å². The molecular weight excluding hydrogens is 839 g/mol. The van der Waals surface area contributed by atoms with Gasteiger partial charge in [0.2, 0.25) is 16.9 Å². The Morgan fingerprint density at radius 1 is 1.07 bits per heavy atom. The van der Waals surface area contributed by atoms with Gasteiger partial charge < -0.3 is 56.0 Å². The number of carboxylic acids is 1. The Labute approximate surface area is 320 Å². The van der Waals surface area contributed by atoms with Crippen molar-refractivity contribution in [3.8, 4) is 0 Å². The zero-order valence-corrected chi connectivity index (χ0v) is 33.0. The number of nitrogens with one attached hydrogen (secondary N) is 2. The number of hydrogen-bond donors (Lipinski definition) is 10. The number of carbonyl (C=O) groups is 4. The molecule has 3 rings (SSSR count). The fraction of sp³-hybridized carbons (Fsp3) is 0.577. The van der Waals surface area contributed by atoms with Crippen LogP contribution in [0, 0.1) is 5.41 Å². The molecule has 7 atom stereocenters. The van der Waals surface area contributed by atoms with E-state index < -0.39 is 101 Å². The summed E-state index contributed by atoms with van der Waals surface area (Å²) in [5.74, 6) is -2.96. The number of hydrogen-bond acceptors (Lipinski definition) is 19. The molecule has 2 aromatic rings. The average Bonchev–Trinajstić information content (AvgIpc) is 3.64. The van der Waals surface area contributed by atoms with Crippen LogP contribution in [0.3, 0.4) is 0 Å². The predicted molar refractivity (Wildman–Crippen MR) is 188 cm³/mol. The SMILES string of the molecule is C/C=C(\C(=O)O)C(=O)SCCNC(=O)CCNC(=O)C(O)C(C)(C)COP(=O)(O)OP(=O)(O)OCC1OC(n2cnc3c(N)ncnc32)C(O)C1OP(=O)(O)O. The number of anilines is 1. The topological polar surface area (TPSA) is 401 Å². The number of carbonyl (C=O) groups excluding carboxylic acids is 3. The van der Waals surface area contributed by atoms with Crippen molar-refractivity contribution in [3.63, 3.8) is 0 Å². The highest BCUT2D eigenvalue weighted by Gasteiger charge is 2.50. The number of fused-ring (bicyclic) bond motifs is 1. The third-order valence-electron chi connectivity index (χ3n) is 7.47. The molecule has 2 aromatic heterocycles. The monoisotopic (exact) mass is 879 g/mol. The summed E-state index contributed by atoms with van der Waals surface area (Å²) in [6.45, 7) is 1.47. The van der Waals surface area contributed by atoms with Gasteiger partial charge in [0.25, 0.3) is 0 Å². The van der Waals surface area contributed by atoms with Gasteiger partial charge >= 0.3 is 29.4 Å². The van der Waals surface area contributed by atoms with Crippen LogP contribution >= 0.6 is 35.2 Å². The Morgan fingerprint density at radius 3 is 2.36 bits per heavy atom. The van der Waals surface area contributed by atoms with Crippen molar-refractivity contribution in [3.05, 3.63) is 24.3 Å². The Kier molecular flexibility index (Phi) is 16.4. The van der Waals surface area contributed by atoms with E-state index in [0.29, 0.717) is 11.8 Å². The van der Waals surface area contributed by atoms with E-state index >= 15 is 0 Å². The van der Waals surface area contributed by atoms with Crippen molar-refractivity contribution in [1.29, 1.82) is 0 Å². The molecule has 26 nitrogen and oxygen atoms in total. The molecular formula is C26H40N7O19P3S. The highest BCUT2D eigenvalue weighted by molar-refractivity contribution is 8.14. The second-order valence-electron chi connectivity index (χ2n) is 12.2. The Balaban J connectivity index is 1.50. The molecule has 1 aliphatic rings. The van der Waals surface area contributed by atoms with Gasteiger partial charge in [0.15, 0.2) is 17.7 Å². The van der Waals surface area contributed by atoms with E-state index in [0.717, 1.165) is 23.3 Å². The Hall–Kier alpha value is -3.23. The van der Waals surface area contributed by atoms with Crippen molar-refractivity contribution < 1.29 is 90.4 Å². The molecule has 1 aliphatic heterocycles. The number of rotatable bonds is 21. The fourth-order valence-electron chi connectivity index (χ4n) is 4.68. The smallest absolute Gasteiger partial charge is 0.478 e. The van der Waals surface area contributed by atoms with Crippen LogP contribution in [0.1, 0.15) is 33.4 Å². The predicted octanol–water partition coefficient (Wildman–Crippen LogP) is -1.30. The fourth-order valence-corrected chi connectivity index (χ4v) is 8.26. The van der Waals surface area contributed by atoms with Gasteiger partial charge in [0, 0.05) is 30.7 Å². The number of ether oxygens (including phenoxy) is 1. The second kappa shape index (κ2) is 19.5. The number of thioether (sulfide) groups is 1. The maximum atomic E-state index is 12.7.